The number of rotatable bonds is 5. The van der Waals surface area contributed by atoms with E-state index >= 15 is 0 Å². The molecule has 2 N–H and O–H groups in total. The number of nitrogens with two attached hydrogens (primary N) is 1. The first-order valence-corrected chi connectivity index (χ1v) is 5.71. The summed E-state index contributed by atoms with van der Waals surface area (Å²) in [5, 5.41) is 0. The first kappa shape index (κ1) is 11.2. The van der Waals surface area contributed by atoms with Crippen LogP contribution in [-0.2, 0) is 6.54 Å². The zero-order valence-electron chi connectivity index (χ0n) is 9.77. The van der Waals surface area contributed by atoms with Gasteiger partial charge in [0, 0.05) is 12.6 Å². The molecule has 2 rings (SSSR count). The fraction of sp³-hybridized carbons (Fsp3) is 0.583. The summed E-state index contributed by atoms with van der Waals surface area (Å²) >= 11 is 0. The summed E-state index contributed by atoms with van der Waals surface area (Å²) in [6.07, 6.45) is 4.48. The van der Waals surface area contributed by atoms with Gasteiger partial charge in [-0.15, -0.1) is 0 Å². The molecule has 1 aromatic heterocycles. The predicted octanol–water partition coefficient (Wildman–Crippen LogP) is 1.87. The highest BCUT2D eigenvalue weighted by Gasteiger charge is 2.24. The third-order valence-corrected chi connectivity index (χ3v) is 2.29. The third-order valence-electron chi connectivity index (χ3n) is 2.29. The average Bonchev–Trinajstić information content (AvgIpc) is 3.01. The summed E-state index contributed by atoms with van der Waals surface area (Å²) in [7, 11) is 0. The molecule has 1 fully saturated rings. The van der Waals surface area contributed by atoms with Crippen LogP contribution in [0.25, 0.3) is 0 Å². The van der Waals surface area contributed by atoms with Crippen LogP contribution in [0.4, 0.5) is 0 Å². The van der Waals surface area contributed by atoms with E-state index in [-0.39, 0.29) is 6.10 Å². The lowest BCUT2D eigenvalue weighted by atomic mass is 10.3. The Morgan fingerprint density at radius 3 is 2.81 bits per heavy atom. The molecular weight excluding hydrogens is 204 g/mol. The van der Waals surface area contributed by atoms with E-state index in [4.69, 9.17) is 15.2 Å². The minimum absolute atomic E-state index is 0.114. The second kappa shape index (κ2) is 4.70. The van der Waals surface area contributed by atoms with Gasteiger partial charge in [-0.05, 0) is 26.7 Å². The number of nitrogens with zero attached hydrogens (tertiary/aromatic N) is 1. The number of ether oxygens (including phenoxy) is 2. The molecule has 0 saturated heterocycles. The van der Waals surface area contributed by atoms with Gasteiger partial charge >= 0.3 is 0 Å². The number of pyridine rings is 1. The Balaban J connectivity index is 2.15. The van der Waals surface area contributed by atoms with Crippen molar-refractivity contribution < 1.29 is 9.47 Å². The zero-order chi connectivity index (χ0) is 11.5. The van der Waals surface area contributed by atoms with Gasteiger partial charge in [0.25, 0.3) is 0 Å². The van der Waals surface area contributed by atoms with Gasteiger partial charge in [0.1, 0.15) is 11.5 Å². The van der Waals surface area contributed by atoms with Gasteiger partial charge in [-0.25, -0.2) is 0 Å². The Morgan fingerprint density at radius 2 is 2.25 bits per heavy atom. The summed E-state index contributed by atoms with van der Waals surface area (Å²) in [6.45, 7) is 4.34. The third kappa shape index (κ3) is 2.85. The highest BCUT2D eigenvalue weighted by molar-refractivity contribution is 5.35. The quantitative estimate of drug-likeness (QED) is 0.826. The number of aromatic nitrogens is 1. The van der Waals surface area contributed by atoms with E-state index in [0.29, 0.717) is 12.6 Å². The summed E-state index contributed by atoms with van der Waals surface area (Å²) in [4.78, 5) is 4.26. The van der Waals surface area contributed by atoms with Gasteiger partial charge < -0.3 is 15.2 Å². The highest BCUT2D eigenvalue weighted by Crippen LogP contribution is 2.29. The van der Waals surface area contributed by atoms with Gasteiger partial charge in [0.05, 0.1) is 24.1 Å². The van der Waals surface area contributed by atoms with Crippen LogP contribution in [0.1, 0.15) is 32.4 Å². The van der Waals surface area contributed by atoms with Crippen LogP contribution in [0.2, 0.25) is 0 Å². The van der Waals surface area contributed by atoms with E-state index in [1.807, 2.05) is 19.9 Å². The maximum Gasteiger partial charge on any atom is 0.146 e. The van der Waals surface area contributed by atoms with Gasteiger partial charge in [-0.3, -0.25) is 4.98 Å². The second-order valence-electron chi connectivity index (χ2n) is 4.30. The molecule has 1 aliphatic rings. The van der Waals surface area contributed by atoms with E-state index in [1.54, 1.807) is 6.20 Å². The first-order valence-electron chi connectivity index (χ1n) is 5.71. The van der Waals surface area contributed by atoms with Crippen molar-refractivity contribution in [3.05, 3.63) is 18.0 Å². The van der Waals surface area contributed by atoms with Gasteiger partial charge in [0.15, 0.2) is 0 Å². The lowest BCUT2D eigenvalue weighted by molar-refractivity contribution is 0.235. The number of hydrogen-bond donors (Lipinski definition) is 1. The highest BCUT2D eigenvalue weighted by atomic mass is 16.5. The van der Waals surface area contributed by atoms with E-state index in [0.717, 1.165) is 30.0 Å². The molecular formula is C12H18N2O2. The van der Waals surface area contributed by atoms with E-state index in [1.165, 1.54) is 0 Å². The Kier molecular flexibility index (Phi) is 3.29. The summed E-state index contributed by atoms with van der Waals surface area (Å²) in [6, 6.07) is 1.88. The minimum atomic E-state index is 0.114. The smallest absolute Gasteiger partial charge is 0.146 e. The van der Waals surface area contributed by atoms with Crippen LogP contribution in [0.3, 0.4) is 0 Å². The van der Waals surface area contributed by atoms with Crippen molar-refractivity contribution in [2.75, 3.05) is 0 Å². The fourth-order valence-electron chi connectivity index (χ4n) is 1.41. The standard InChI is InChI=1S/C12H18N2O2/c1-8(2)15-12-5-10(16-9-3-4-9)7-14-11(12)6-13/h5,7-9H,3-4,6,13H2,1-2H3. The van der Waals surface area contributed by atoms with Crippen molar-refractivity contribution in [1.82, 2.24) is 4.98 Å². The molecule has 4 heteroatoms. The minimum Gasteiger partial charge on any atom is -0.489 e. The number of hydrogen-bond acceptors (Lipinski definition) is 4. The average molecular weight is 222 g/mol. The van der Waals surface area contributed by atoms with Crippen molar-refractivity contribution in [3.8, 4) is 11.5 Å². The molecule has 16 heavy (non-hydrogen) atoms. The molecule has 0 atom stereocenters. The molecule has 0 amide bonds. The normalized spacial score (nSPS) is 15.2. The maximum absolute atomic E-state index is 5.66. The first-order chi connectivity index (χ1) is 7.69. The van der Waals surface area contributed by atoms with Crippen LogP contribution >= 0.6 is 0 Å². The molecule has 0 aromatic carbocycles. The molecule has 0 radical (unpaired) electrons. The van der Waals surface area contributed by atoms with Crippen LogP contribution < -0.4 is 15.2 Å². The van der Waals surface area contributed by atoms with Gasteiger partial charge in [0.2, 0.25) is 0 Å². The largest absolute Gasteiger partial charge is 0.489 e. The van der Waals surface area contributed by atoms with Crippen LogP contribution in [0, 0.1) is 0 Å². The molecule has 1 saturated carbocycles. The molecule has 0 aliphatic heterocycles. The Hall–Kier alpha value is -1.29. The van der Waals surface area contributed by atoms with E-state index in [2.05, 4.69) is 4.98 Å². The molecule has 1 heterocycles. The maximum atomic E-state index is 5.66. The van der Waals surface area contributed by atoms with Crippen molar-refractivity contribution in [3.63, 3.8) is 0 Å². The molecule has 0 spiro atoms. The summed E-state index contributed by atoms with van der Waals surface area (Å²) < 4.78 is 11.3. The predicted molar refractivity (Wildman–Crippen MR) is 61.5 cm³/mol. The van der Waals surface area contributed by atoms with E-state index in [9.17, 15) is 0 Å². The molecule has 1 aromatic rings. The lowest BCUT2D eigenvalue weighted by Crippen LogP contribution is -2.11. The van der Waals surface area contributed by atoms with Crippen molar-refractivity contribution in [1.29, 1.82) is 0 Å². The van der Waals surface area contributed by atoms with Crippen LogP contribution in [0.5, 0.6) is 11.5 Å². The zero-order valence-corrected chi connectivity index (χ0v) is 9.77. The monoisotopic (exact) mass is 222 g/mol. The Bertz CT molecular complexity index is 362. The molecule has 0 unspecified atom stereocenters. The Labute approximate surface area is 95.8 Å². The topological polar surface area (TPSA) is 57.4 Å². The van der Waals surface area contributed by atoms with E-state index < -0.39 is 0 Å². The van der Waals surface area contributed by atoms with Crippen LogP contribution in [-0.4, -0.2) is 17.2 Å². The fourth-order valence-corrected chi connectivity index (χ4v) is 1.41. The van der Waals surface area contributed by atoms with Gasteiger partial charge in [-0.2, -0.15) is 0 Å². The van der Waals surface area contributed by atoms with Crippen molar-refractivity contribution >= 4 is 0 Å². The summed E-state index contributed by atoms with van der Waals surface area (Å²) in [5.74, 6) is 1.51. The molecule has 4 nitrogen and oxygen atoms in total. The summed E-state index contributed by atoms with van der Waals surface area (Å²) in [5.41, 5.74) is 6.38. The lowest BCUT2D eigenvalue weighted by Gasteiger charge is -2.14. The van der Waals surface area contributed by atoms with Crippen molar-refractivity contribution in [2.45, 2.75) is 45.4 Å². The molecule has 88 valence electrons. The van der Waals surface area contributed by atoms with Crippen molar-refractivity contribution in [2.24, 2.45) is 5.73 Å². The molecule has 0 bridgehead atoms. The Morgan fingerprint density at radius 1 is 1.50 bits per heavy atom. The second-order valence-corrected chi connectivity index (χ2v) is 4.30. The van der Waals surface area contributed by atoms with Crippen LogP contribution in [0.15, 0.2) is 12.3 Å². The SMILES string of the molecule is CC(C)Oc1cc(OC2CC2)cnc1CN. The molecule has 1 aliphatic carbocycles. The van der Waals surface area contributed by atoms with Gasteiger partial charge in [-0.1, -0.05) is 0 Å².